The molecule has 32 heavy (non-hydrogen) atoms. The molecule has 0 atom stereocenters. The number of nitrogens with zero attached hydrogens (tertiary/aromatic N) is 3. The van der Waals surface area contributed by atoms with Crippen molar-refractivity contribution >= 4 is 57.3 Å². The van der Waals surface area contributed by atoms with Crippen LogP contribution in [0, 0.1) is 6.92 Å². The van der Waals surface area contributed by atoms with Gasteiger partial charge in [0.25, 0.3) is 10.0 Å². The van der Waals surface area contributed by atoms with Crippen molar-refractivity contribution in [2.75, 3.05) is 32.7 Å². The number of hydrogen-bond acceptors (Lipinski definition) is 4. The normalized spacial score (nSPS) is 15.7. The molecule has 1 aliphatic heterocycles. The van der Waals surface area contributed by atoms with Crippen molar-refractivity contribution < 1.29 is 8.42 Å². The maximum Gasteiger partial charge on any atom is 0.268 e. The van der Waals surface area contributed by atoms with Gasteiger partial charge in [0.2, 0.25) is 0 Å². The first-order valence-corrected chi connectivity index (χ1v) is 12.3. The Hall–Kier alpha value is -1.28. The van der Waals surface area contributed by atoms with E-state index in [2.05, 4.69) is 16.7 Å². The fraction of sp³-hybridized carbons (Fsp3) is 0.391. The van der Waals surface area contributed by atoms with Gasteiger partial charge in [-0.25, -0.2) is 12.4 Å². The van der Waals surface area contributed by atoms with Crippen LogP contribution < -0.4 is 0 Å². The van der Waals surface area contributed by atoms with Gasteiger partial charge in [0.05, 0.1) is 10.4 Å². The number of rotatable bonds is 5. The molecule has 0 spiro atoms. The summed E-state index contributed by atoms with van der Waals surface area (Å²) in [6, 6.07) is 12.6. The molecule has 3 aromatic rings. The molecule has 2 aromatic carbocycles. The molecule has 1 aliphatic rings. The number of hydrogen-bond donors (Lipinski definition) is 0. The number of fused-ring (bicyclic) bond motifs is 1. The van der Waals surface area contributed by atoms with Crippen LogP contribution in [0.25, 0.3) is 10.9 Å². The quantitative estimate of drug-likeness (QED) is 0.465. The summed E-state index contributed by atoms with van der Waals surface area (Å²) in [5, 5.41) is 1.55. The number of halogens is 3. The van der Waals surface area contributed by atoms with Gasteiger partial charge in [-0.1, -0.05) is 36.7 Å². The maximum absolute atomic E-state index is 13.5. The van der Waals surface area contributed by atoms with Crippen LogP contribution in [-0.4, -0.2) is 54.9 Å². The summed E-state index contributed by atoms with van der Waals surface area (Å²) in [5.41, 5.74) is 2.49. The van der Waals surface area contributed by atoms with E-state index in [1.54, 1.807) is 24.4 Å². The number of aryl methyl sites for hydroxylation is 1. The number of likely N-dealkylation sites (N-methyl/N-ethyl adjacent to an activating group) is 1. The first-order valence-electron chi connectivity index (χ1n) is 10.5. The third-order valence-corrected chi connectivity index (χ3v) is 8.01. The zero-order valence-electron chi connectivity index (χ0n) is 18.3. The van der Waals surface area contributed by atoms with Crippen molar-refractivity contribution in [1.29, 1.82) is 0 Å². The van der Waals surface area contributed by atoms with E-state index in [0.717, 1.165) is 55.7 Å². The summed E-state index contributed by atoms with van der Waals surface area (Å²) in [4.78, 5) is 5.08. The van der Waals surface area contributed by atoms with Gasteiger partial charge >= 0.3 is 0 Å². The van der Waals surface area contributed by atoms with Gasteiger partial charge in [-0.05, 0) is 68.4 Å². The Bertz CT molecular complexity index is 1160. The van der Waals surface area contributed by atoms with Gasteiger partial charge in [0.1, 0.15) is 0 Å². The molecule has 0 unspecified atom stereocenters. The summed E-state index contributed by atoms with van der Waals surface area (Å²) in [5.74, 6) is 0. The second kappa shape index (κ2) is 11.2. The van der Waals surface area contributed by atoms with Gasteiger partial charge in [0.15, 0.2) is 0 Å². The summed E-state index contributed by atoms with van der Waals surface area (Å²) in [6.07, 6.45) is 2.81. The van der Waals surface area contributed by atoms with E-state index in [-0.39, 0.29) is 29.7 Å². The topological polar surface area (TPSA) is 45.6 Å². The summed E-state index contributed by atoms with van der Waals surface area (Å²) in [6.45, 7) is 9.93. The first-order chi connectivity index (χ1) is 14.4. The lowest BCUT2D eigenvalue weighted by atomic mass is 10.2. The van der Waals surface area contributed by atoms with E-state index >= 15 is 0 Å². The Kier molecular flexibility index (Phi) is 9.46. The standard InChI is InChI=1S/C23H28ClN3O2S.2ClH/c1-3-25-11-6-12-26(14-13-25)17-19-15-20(9-10-22(19)24)30(28,29)27-16-18(2)21-7-4-5-8-23(21)27;;/h4-5,7-10,15-16H,3,6,11-14,17H2,1-2H3;2*1H. The Morgan fingerprint density at radius 2 is 1.66 bits per heavy atom. The molecule has 4 rings (SSSR count). The molecule has 5 nitrogen and oxygen atoms in total. The number of benzene rings is 2. The molecule has 2 heterocycles. The van der Waals surface area contributed by atoms with Crippen molar-refractivity contribution in [3.8, 4) is 0 Å². The molecular weight excluding hydrogens is 489 g/mol. The monoisotopic (exact) mass is 517 g/mol. The highest BCUT2D eigenvalue weighted by atomic mass is 35.5. The molecule has 0 N–H and O–H groups in total. The van der Waals surface area contributed by atoms with Gasteiger partial charge in [-0.15, -0.1) is 24.8 Å². The molecule has 0 radical (unpaired) electrons. The first kappa shape index (κ1) is 27.0. The Morgan fingerprint density at radius 1 is 0.969 bits per heavy atom. The minimum absolute atomic E-state index is 0. The third-order valence-electron chi connectivity index (χ3n) is 5.97. The average Bonchev–Trinajstić information content (AvgIpc) is 2.93. The van der Waals surface area contributed by atoms with Crippen molar-refractivity contribution in [1.82, 2.24) is 13.8 Å². The van der Waals surface area contributed by atoms with Crippen LogP contribution >= 0.6 is 36.4 Å². The number of aromatic nitrogens is 1. The molecule has 0 aliphatic carbocycles. The lowest BCUT2D eigenvalue weighted by Crippen LogP contribution is -2.30. The van der Waals surface area contributed by atoms with Crippen molar-refractivity contribution in [2.24, 2.45) is 0 Å². The SMILES string of the molecule is CCN1CCCN(Cc2cc(S(=O)(=O)n3cc(C)c4ccccc43)ccc2Cl)CC1.Cl.Cl. The van der Waals surface area contributed by atoms with Gasteiger partial charge < -0.3 is 4.90 Å². The van der Waals surface area contributed by atoms with E-state index < -0.39 is 10.0 Å². The fourth-order valence-corrected chi connectivity index (χ4v) is 5.85. The molecule has 1 aromatic heterocycles. The second-order valence-electron chi connectivity index (χ2n) is 7.95. The highest BCUT2D eigenvalue weighted by Gasteiger charge is 2.22. The van der Waals surface area contributed by atoms with Crippen LogP contribution in [0.4, 0.5) is 0 Å². The summed E-state index contributed by atoms with van der Waals surface area (Å²) in [7, 11) is -3.71. The molecule has 0 saturated carbocycles. The van der Waals surface area contributed by atoms with Gasteiger partial charge in [-0.3, -0.25) is 4.90 Å². The van der Waals surface area contributed by atoms with Crippen LogP contribution in [0.1, 0.15) is 24.5 Å². The molecule has 176 valence electrons. The Balaban J connectivity index is 0.00000181. The molecule has 0 amide bonds. The zero-order valence-corrected chi connectivity index (χ0v) is 21.5. The van der Waals surface area contributed by atoms with E-state index in [1.807, 2.05) is 31.2 Å². The fourth-order valence-electron chi connectivity index (χ4n) is 4.20. The molecule has 1 saturated heterocycles. The van der Waals surface area contributed by atoms with Crippen LogP contribution in [0.15, 0.2) is 53.6 Å². The lowest BCUT2D eigenvalue weighted by molar-refractivity contribution is 0.257. The Morgan fingerprint density at radius 3 is 2.41 bits per heavy atom. The van der Waals surface area contributed by atoms with Crippen molar-refractivity contribution in [3.05, 3.63) is 64.8 Å². The largest absolute Gasteiger partial charge is 0.302 e. The molecular formula is C23H30Cl3N3O2S. The minimum Gasteiger partial charge on any atom is -0.302 e. The van der Waals surface area contributed by atoms with Crippen LogP contribution in [0.5, 0.6) is 0 Å². The lowest BCUT2D eigenvalue weighted by Gasteiger charge is -2.22. The van der Waals surface area contributed by atoms with E-state index in [9.17, 15) is 8.42 Å². The summed E-state index contributed by atoms with van der Waals surface area (Å²) < 4.78 is 28.3. The predicted octanol–water partition coefficient (Wildman–Crippen LogP) is 5.21. The van der Waals surface area contributed by atoms with Crippen LogP contribution in [0.3, 0.4) is 0 Å². The van der Waals surface area contributed by atoms with E-state index in [1.165, 1.54) is 3.97 Å². The van der Waals surface area contributed by atoms with Crippen molar-refractivity contribution in [2.45, 2.75) is 31.7 Å². The van der Waals surface area contributed by atoms with Crippen molar-refractivity contribution in [3.63, 3.8) is 0 Å². The van der Waals surface area contributed by atoms with Crippen LogP contribution in [-0.2, 0) is 16.6 Å². The molecule has 0 bridgehead atoms. The smallest absolute Gasteiger partial charge is 0.268 e. The average molecular weight is 519 g/mol. The van der Waals surface area contributed by atoms with Gasteiger partial charge in [0, 0.05) is 36.2 Å². The molecule has 1 fully saturated rings. The highest BCUT2D eigenvalue weighted by molar-refractivity contribution is 7.90. The second-order valence-corrected chi connectivity index (χ2v) is 10.2. The van der Waals surface area contributed by atoms with E-state index in [4.69, 9.17) is 11.6 Å². The minimum atomic E-state index is -3.71. The zero-order chi connectivity index (χ0) is 21.3. The predicted molar refractivity (Wildman–Crippen MR) is 137 cm³/mol. The number of para-hydroxylation sites is 1. The third kappa shape index (κ3) is 5.44. The Labute approximate surface area is 208 Å². The van der Waals surface area contributed by atoms with Gasteiger partial charge in [-0.2, -0.15) is 0 Å². The highest BCUT2D eigenvalue weighted by Crippen LogP contribution is 2.28. The summed E-state index contributed by atoms with van der Waals surface area (Å²) >= 11 is 6.47. The van der Waals surface area contributed by atoms with Crippen LogP contribution in [0.2, 0.25) is 5.02 Å². The maximum atomic E-state index is 13.5. The van der Waals surface area contributed by atoms with E-state index in [0.29, 0.717) is 17.1 Å². The molecule has 9 heteroatoms.